The van der Waals surface area contributed by atoms with Crippen molar-refractivity contribution in [3.8, 4) is 11.1 Å². The Morgan fingerprint density at radius 1 is 1.00 bits per heavy atom. The van der Waals surface area contributed by atoms with Crippen LogP contribution in [0.4, 0.5) is 4.79 Å². The first-order chi connectivity index (χ1) is 16.3. The molecule has 182 valence electrons. The van der Waals surface area contributed by atoms with Gasteiger partial charge in [0.15, 0.2) is 0 Å². The van der Waals surface area contributed by atoms with Gasteiger partial charge in [-0.2, -0.15) is 0 Å². The number of carbonyl (C=O) groups excluding carboxylic acids is 2. The zero-order chi connectivity index (χ0) is 24.7. The van der Waals surface area contributed by atoms with Crippen molar-refractivity contribution in [2.45, 2.75) is 57.9 Å². The van der Waals surface area contributed by atoms with Crippen molar-refractivity contribution in [1.29, 1.82) is 0 Å². The second kappa shape index (κ2) is 11.2. The highest BCUT2D eigenvalue weighted by Gasteiger charge is 2.37. The summed E-state index contributed by atoms with van der Waals surface area (Å²) in [7, 11) is 0. The van der Waals surface area contributed by atoms with Crippen LogP contribution >= 0.6 is 0 Å². The number of amides is 2. The van der Waals surface area contributed by atoms with Crippen LogP contribution in [0.1, 0.15) is 63.5 Å². The average Bonchev–Trinajstić information content (AvgIpc) is 3.17. The molecule has 0 radical (unpaired) electrons. The standard InChI is InChI=1S/C27H34N2O5/c1-4-27(5-2,25(32)28-16-10-11-18(3)24(30)31)29-26(33)34-17-23-21-14-8-6-12-19(21)20-13-7-9-15-22(20)23/h6-9,12-15,18,23H,4-5,10-11,16-17H2,1-3H3,(H,28,32)(H,29,33)(H,30,31). The van der Waals surface area contributed by atoms with Gasteiger partial charge in [0.25, 0.3) is 0 Å². The van der Waals surface area contributed by atoms with Crippen molar-refractivity contribution in [3.63, 3.8) is 0 Å². The molecule has 1 atom stereocenters. The van der Waals surface area contributed by atoms with E-state index in [1.54, 1.807) is 6.92 Å². The Labute approximate surface area is 200 Å². The predicted molar refractivity (Wildman–Crippen MR) is 131 cm³/mol. The molecule has 0 saturated carbocycles. The van der Waals surface area contributed by atoms with Gasteiger partial charge in [-0.05, 0) is 47.9 Å². The van der Waals surface area contributed by atoms with Crippen LogP contribution in [-0.4, -0.2) is 41.8 Å². The third-order valence-corrected chi connectivity index (χ3v) is 6.85. The van der Waals surface area contributed by atoms with E-state index >= 15 is 0 Å². The van der Waals surface area contributed by atoms with Crippen molar-refractivity contribution in [3.05, 3.63) is 59.7 Å². The van der Waals surface area contributed by atoms with Gasteiger partial charge in [0.05, 0.1) is 5.92 Å². The number of hydrogen-bond acceptors (Lipinski definition) is 4. The van der Waals surface area contributed by atoms with Crippen LogP contribution in [0.25, 0.3) is 11.1 Å². The molecule has 0 heterocycles. The van der Waals surface area contributed by atoms with Crippen molar-refractivity contribution in [2.24, 2.45) is 5.92 Å². The number of fused-ring (bicyclic) bond motifs is 3. The third-order valence-electron chi connectivity index (χ3n) is 6.85. The first kappa shape index (κ1) is 25.3. The molecule has 3 rings (SSSR count). The number of ether oxygens (including phenoxy) is 1. The lowest BCUT2D eigenvalue weighted by atomic mass is 9.91. The maximum Gasteiger partial charge on any atom is 0.408 e. The number of aliphatic carboxylic acids is 1. The van der Waals surface area contributed by atoms with Gasteiger partial charge >= 0.3 is 12.1 Å². The smallest absolute Gasteiger partial charge is 0.408 e. The second-order valence-electron chi connectivity index (χ2n) is 8.88. The molecule has 1 aliphatic rings. The Bertz CT molecular complexity index is 986. The van der Waals surface area contributed by atoms with E-state index in [9.17, 15) is 14.4 Å². The topological polar surface area (TPSA) is 105 Å². The maximum absolute atomic E-state index is 12.9. The van der Waals surface area contributed by atoms with Gasteiger partial charge in [-0.15, -0.1) is 0 Å². The Morgan fingerprint density at radius 2 is 1.56 bits per heavy atom. The Kier molecular flexibility index (Phi) is 8.31. The van der Waals surface area contributed by atoms with Crippen molar-refractivity contribution < 1.29 is 24.2 Å². The largest absolute Gasteiger partial charge is 0.481 e. The molecule has 0 bridgehead atoms. The molecule has 2 aromatic carbocycles. The fraction of sp³-hybridized carbons (Fsp3) is 0.444. The summed E-state index contributed by atoms with van der Waals surface area (Å²) in [6.45, 7) is 5.87. The minimum Gasteiger partial charge on any atom is -0.481 e. The molecule has 0 fully saturated rings. The van der Waals surface area contributed by atoms with Crippen LogP contribution in [0.2, 0.25) is 0 Å². The minimum atomic E-state index is -1.08. The fourth-order valence-electron chi connectivity index (χ4n) is 4.54. The zero-order valence-electron chi connectivity index (χ0n) is 20.1. The average molecular weight is 467 g/mol. The number of carboxylic acid groups (broad SMARTS) is 1. The number of rotatable bonds is 11. The summed E-state index contributed by atoms with van der Waals surface area (Å²) in [5.74, 6) is -1.65. The molecule has 1 unspecified atom stereocenters. The molecule has 1 aliphatic carbocycles. The van der Waals surface area contributed by atoms with Crippen molar-refractivity contribution >= 4 is 18.0 Å². The Hall–Kier alpha value is -3.35. The monoisotopic (exact) mass is 466 g/mol. The summed E-state index contributed by atoms with van der Waals surface area (Å²) in [4.78, 5) is 36.7. The SMILES string of the molecule is CCC(CC)(NC(=O)OCC1c2ccccc2-c2ccccc21)C(=O)NCCCC(C)C(=O)O. The number of benzene rings is 2. The molecule has 0 spiro atoms. The van der Waals surface area contributed by atoms with Crippen molar-refractivity contribution in [2.75, 3.05) is 13.2 Å². The van der Waals surface area contributed by atoms with Gasteiger partial charge in [-0.1, -0.05) is 69.3 Å². The van der Waals surface area contributed by atoms with E-state index in [0.717, 1.165) is 22.3 Å². The summed E-state index contributed by atoms with van der Waals surface area (Å²) in [6, 6.07) is 16.2. The molecular weight excluding hydrogens is 432 g/mol. The van der Waals surface area contributed by atoms with E-state index in [2.05, 4.69) is 34.9 Å². The highest BCUT2D eigenvalue weighted by Crippen LogP contribution is 2.44. The molecule has 7 nitrogen and oxygen atoms in total. The molecule has 2 aromatic rings. The molecule has 0 aromatic heterocycles. The van der Waals surface area contributed by atoms with E-state index in [-0.39, 0.29) is 18.4 Å². The van der Waals surface area contributed by atoms with Crippen LogP contribution in [0.15, 0.2) is 48.5 Å². The summed E-state index contributed by atoms with van der Waals surface area (Å²) >= 11 is 0. The summed E-state index contributed by atoms with van der Waals surface area (Å²) in [5, 5.41) is 14.6. The van der Waals surface area contributed by atoms with E-state index in [0.29, 0.717) is 32.2 Å². The fourth-order valence-corrected chi connectivity index (χ4v) is 4.54. The molecule has 7 heteroatoms. The lowest BCUT2D eigenvalue weighted by Gasteiger charge is -2.31. The highest BCUT2D eigenvalue weighted by molar-refractivity contribution is 5.90. The van der Waals surface area contributed by atoms with E-state index in [1.807, 2.05) is 38.1 Å². The highest BCUT2D eigenvalue weighted by atomic mass is 16.5. The number of alkyl carbamates (subject to hydrolysis) is 1. The summed E-state index contributed by atoms with van der Waals surface area (Å²) in [6.07, 6.45) is 1.21. The first-order valence-electron chi connectivity index (χ1n) is 12.0. The van der Waals surface area contributed by atoms with E-state index in [1.165, 1.54) is 0 Å². The molecule has 0 saturated heterocycles. The van der Waals surface area contributed by atoms with Gasteiger partial charge in [-0.25, -0.2) is 4.79 Å². The number of carboxylic acids is 1. The number of hydrogen-bond donors (Lipinski definition) is 3. The van der Waals surface area contributed by atoms with E-state index in [4.69, 9.17) is 9.84 Å². The Balaban J connectivity index is 1.60. The van der Waals surface area contributed by atoms with Crippen LogP contribution in [0, 0.1) is 5.92 Å². The van der Waals surface area contributed by atoms with E-state index < -0.39 is 23.5 Å². The van der Waals surface area contributed by atoms with Crippen LogP contribution in [0.5, 0.6) is 0 Å². The zero-order valence-corrected chi connectivity index (χ0v) is 20.1. The van der Waals surface area contributed by atoms with Gasteiger partial charge in [-0.3, -0.25) is 9.59 Å². The quantitative estimate of drug-likeness (QED) is 0.416. The summed E-state index contributed by atoms with van der Waals surface area (Å²) < 4.78 is 5.64. The molecular formula is C27H34N2O5. The molecule has 3 N–H and O–H groups in total. The number of carbonyl (C=O) groups is 3. The first-order valence-corrected chi connectivity index (χ1v) is 12.0. The van der Waals surface area contributed by atoms with Gasteiger partial charge in [0.1, 0.15) is 12.1 Å². The van der Waals surface area contributed by atoms with Gasteiger partial charge in [0.2, 0.25) is 5.91 Å². The van der Waals surface area contributed by atoms with Crippen molar-refractivity contribution in [1.82, 2.24) is 10.6 Å². The Morgan fingerprint density at radius 3 is 2.09 bits per heavy atom. The molecule has 0 aliphatic heterocycles. The van der Waals surface area contributed by atoms with Gasteiger partial charge in [0, 0.05) is 12.5 Å². The summed E-state index contributed by atoms with van der Waals surface area (Å²) in [5.41, 5.74) is 3.48. The van der Waals surface area contributed by atoms with Crippen LogP contribution in [0.3, 0.4) is 0 Å². The third kappa shape index (κ3) is 5.41. The minimum absolute atomic E-state index is 0.0548. The predicted octanol–water partition coefficient (Wildman–Crippen LogP) is 4.70. The number of nitrogens with one attached hydrogen (secondary N) is 2. The maximum atomic E-state index is 12.9. The molecule has 34 heavy (non-hydrogen) atoms. The van der Waals surface area contributed by atoms with Gasteiger partial charge < -0.3 is 20.5 Å². The lowest BCUT2D eigenvalue weighted by Crippen LogP contribution is -2.58. The lowest BCUT2D eigenvalue weighted by molar-refractivity contribution is -0.141. The van der Waals surface area contributed by atoms with Crippen LogP contribution in [-0.2, 0) is 14.3 Å². The normalized spacial score (nSPS) is 13.5. The van der Waals surface area contributed by atoms with Crippen LogP contribution < -0.4 is 10.6 Å². The molecule has 2 amide bonds. The second-order valence-corrected chi connectivity index (χ2v) is 8.88.